The molecule has 2 N–H and O–H groups in total. The Bertz CT molecular complexity index is 651. The highest BCUT2D eigenvalue weighted by molar-refractivity contribution is 6.00. The molecular weight excluding hydrogens is 312 g/mol. The lowest BCUT2D eigenvalue weighted by atomic mass is 10.1. The summed E-state index contributed by atoms with van der Waals surface area (Å²) in [7, 11) is 1.56. The Morgan fingerprint density at radius 1 is 1.38 bits per heavy atom. The molecule has 130 valence electrons. The summed E-state index contributed by atoms with van der Waals surface area (Å²) in [5.74, 6) is -0.748. The highest BCUT2D eigenvalue weighted by Crippen LogP contribution is 2.25. The molecule has 1 aliphatic rings. The van der Waals surface area contributed by atoms with E-state index >= 15 is 0 Å². The molecule has 2 rings (SSSR count). The van der Waals surface area contributed by atoms with Crippen molar-refractivity contribution in [3.63, 3.8) is 0 Å². The monoisotopic (exact) mass is 334 g/mol. The second-order valence-electron chi connectivity index (χ2n) is 6.72. The average molecular weight is 334 g/mol. The van der Waals surface area contributed by atoms with Crippen LogP contribution in [-0.4, -0.2) is 42.1 Å². The SMILES string of the molecule is CN(C(=O)OC(C)(C)C)c1ccc(N2CC(C(N)=O)CC2=O)cn1. The van der Waals surface area contributed by atoms with E-state index in [1.165, 1.54) is 16.0 Å². The van der Waals surface area contributed by atoms with Crippen LogP contribution in [0.5, 0.6) is 0 Å². The molecule has 8 heteroatoms. The third-order valence-electron chi connectivity index (χ3n) is 3.58. The van der Waals surface area contributed by atoms with Gasteiger partial charge in [-0.15, -0.1) is 0 Å². The first-order chi connectivity index (χ1) is 11.1. The van der Waals surface area contributed by atoms with Gasteiger partial charge in [-0.05, 0) is 32.9 Å². The largest absolute Gasteiger partial charge is 0.443 e. The van der Waals surface area contributed by atoms with Gasteiger partial charge in [-0.3, -0.25) is 14.5 Å². The Hall–Kier alpha value is -2.64. The molecule has 1 fully saturated rings. The van der Waals surface area contributed by atoms with E-state index in [-0.39, 0.29) is 18.9 Å². The van der Waals surface area contributed by atoms with Gasteiger partial charge in [0.05, 0.1) is 17.8 Å². The first kappa shape index (κ1) is 17.7. The fraction of sp³-hybridized carbons (Fsp3) is 0.500. The summed E-state index contributed by atoms with van der Waals surface area (Å²) in [6.45, 7) is 5.59. The van der Waals surface area contributed by atoms with Crippen molar-refractivity contribution in [1.82, 2.24) is 4.98 Å². The van der Waals surface area contributed by atoms with Gasteiger partial charge in [-0.25, -0.2) is 9.78 Å². The third-order valence-corrected chi connectivity index (χ3v) is 3.58. The van der Waals surface area contributed by atoms with E-state index in [4.69, 9.17) is 10.5 Å². The van der Waals surface area contributed by atoms with Gasteiger partial charge in [0.25, 0.3) is 0 Å². The third kappa shape index (κ3) is 4.01. The number of nitrogens with zero attached hydrogens (tertiary/aromatic N) is 3. The summed E-state index contributed by atoms with van der Waals surface area (Å²) >= 11 is 0. The maximum Gasteiger partial charge on any atom is 0.415 e. The maximum atomic E-state index is 12.0. The van der Waals surface area contributed by atoms with Crippen molar-refractivity contribution in [2.45, 2.75) is 32.8 Å². The standard InChI is InChI=1S/C16H22N4O4/c1-16(2,3)24-15(23)19(4)12-6-5-11(8-18-12)20-9-10(14(17)22)7-13(20)21/h5-6,8,10H,7,9H2,1-4H3,(H2,17,22). The molecule has 3 amide bonds. The van der Waals surface area contributed by atoms with Crippen molar-refractivity contribution in [3.05, 3.63) is 18.3 Å². The topological polar surface area (TPSA) is 106 Å². The molecule has 1 atom stereocenters. The van der Waals surface area contributed by atoms with Crippen LogP contribution in [0.25, 0.3) is 0 Å². The van der Waals surface area contributed by atoms with Crippen molar-refractivity contribution in [2.75, 3.05) is 23.4 Å². The molecule has 1 aromatic rings. The number of rotatable bonds is 3. The predicted molar refractivity (Wildman–Crippen MR) is 88.5 cm³/mol. The molecule has 0 aromatic carbocycles. The van der Waals surface area contributed by atoms with Crippen molar-refractivity contribution >= 4 is 29.4 Å². The molecule has 0 bridgehead atoms. The first-order valence-electron chi connectivity index (χ1n) is 7.61. The van der Waals surface area contributed by atoms with Crippen LogP contribution in [0.1, 0.15) is 27.2 Å². The normalized spacial score (nSPS) is 17.8. The summed E-state index contributed by atoms with van der Waals surface area (Å²) < 4.78 is 5.27. The van der Waals surface area contributed by atoms with Crippen molar-refractivity contribution < 1.29 is 19.1 Å². The van der Waals surface area contributed by atoms with Crippen LogP contribution in [0.15, 0.2) is 18.3 Å². The number of anilines is 2. The van der Waals surface area contributed by atoms with Crippen LogP contribution in [-0.2, 0) is 14.3 Å². The zero-order valence-corrected chi connectivity index (χ0v) is 14.3. The second kappa shape index (κ2) is 6.46. The number of amides is 3. The summed E-state index contributed by atoms with van der Waals surface area (Å²) in [5, 5.41) is 0. The van der Waals surface area contributed by atoms with Crippen molar-refractivity contribution in [1.29, 1.82) is 0 Å². The number of carbonyl (C=O) groups is 3. The smallest absolute Gasteiger partial charge is 0.415 e. The minimum absolute atomic E-state index is 0.106. The van der Waals surface area contributed by atoms with E-state index in [0.717, 1.165) is 0 Å². The minimum atomic E-state index is -0.600. The molecule has 1 aliphatic heterocycles. The quantitative estimate of drug-likeness (QED) is 0.896. The van der Waals surface area contributed by atoms with Crippen LogP contribution in [0.3, 0.4) is 0 Å². The van der Waals surface area contributed by atoms with E-state index in [1.54, 1.807) is 40.0 Å². The number of hydrogen-bond donors (Lipinski definition) is 1. The van der Waals surface area contributed by atoms with E-state index in [1.807, 2.05) is 0 Å². The van der Waals surface area contributed by atoms with Gasteiger partial charge in [-0.2, -0.15) is 0 Å². The lowest BCUT2D eigenvalue weighted by molar-refractivity contribution is -0.123. The molecule has 1 unspecified atom stereocenters. The van der Waals surface area contributed by atoms with Crippen LogP contribution >= 0.6 is 0 Å². The Morgan fingerprint density at radius 3 is 2.50 bits per heavy atom. The first-order valence-corrected chi connectivity index (χ1v) is 7.61. The molecule has 2 heterocycles. The van der Waals surface area contributed by atoms with Gasteiger partial charge in [0.15, 0.2) is 0 Å². The van der Waals surface area contributed by atoms with Gasteiger partial charge in [0, 0.05) is 20.0 Å². The second-order valence-corrected chi connectivity index (χ2v) is 6.72. The highest BCUT2D eigenvalue weighted by atomic mass is 16.6. The lowest BCUT2D eigenvalue weighted by Gasteiger charge is -2.24. The average Bonchev–Trinajstić information content (AvgIpc) is 2.87. The summed E-state index contributed by atoms with van der Waals surface area (Å²) in [4.78, 5) is 42.2. The number of aromatic nitrogens is 1. The molecule has 0 spiro atoms. The Morgan fingerprint density at radius 2 is 2.04 bits per heavy atom. The number of carbonyl (C=O) groups excluding carboxylic acids is 3. The fourth-order valence-corrected chi connectivity index (χ4v) is 2.31. The molecule has 0 saturated carbocycles. The van der Waals surface area contributed by atoms with Crippen LogP contribution in [0.2, 0.25) is 0 Å². The van der Waals surface area contributed by atoms with E-state index in [9.17, 15) is 14.4 Å². The number of hydrogen-bond acceptors (Lipinski definition) is 5. The maximum absolute atomic E-state index is 12.0. The predicted octanol–water partition coefficient (Wildman–Crippen LogP) is 1.29. The molecule has 24 heavy (non-hydrogen) atoms. The zero-order chi connectivity index (χ0) is 18.1. The van der Waals surface area contributed by atoms with E-state index < -0.39 is 23.5 Å². The molecule has 0 aliphatic carbocycles. The van der Waals surface area contributed by atoms with Gasteiger partial charge in [-0.1, -0.05) is 0 Å². The number of pyridine rings is 1. The zero-order valence-electron chi connectivity index (χ0n) is 14.3. The highest BCUT2D eigenvalue weighted by Gasteiger charge is 2.34. The molecule has 1 aromatic heterocycles. The number of primary amides is 1. The fourth-order valence-electron chi connectivity index (χ4n) is 2.31. The van der Waals surface area contributed by atoms with E-state index in [2.05, 4.69) is 4.98 Å². The van der Waals surface area contributed by atoms with Gasteiger partial charge in [0.1, 0.15) is 11.4 Å². The van der Waals surface area contributed by atoms with E-state index in [0.29, 0.717) is 11.5 Å². The Kier molecular flexibility index (Phi) is 4.77. The van der Waals surface area contributed by atoms with Gasteiger partial charge < -0.3 is 15.4 Å². The number of ether oxygens (including phenoxy) is 1. The molecular formula is C16H22N4O4. The lowest BCUT2D eigenvalue weighted by Crippen LogP contribution is -2.34. The van der Waals surface area contributed by atoms with Crippen LogP contribution < -0.4 is 15.5 Å². The summed E-state index contributed by atoms with van der Waals surface area (Å²) in [6, 6.07) is 3.29. The van der Waals surface area contributed by atoms with Crippen LogP contribution in [0.4, 0.5) is 16.3 Å². The van der Waals surface area contributed by atoms with Crippen molar-refractivity contribution in [3.8, 4) is 0 Å². The Labute approximate surface area is 140 Å². The van der Waals surface area contributed by atoms with Gasteiger partial charge >= 0.3 is 6.09 Å². The molecule has 0 radical (unpaired) electrons. The summed E-state index contributed by atoms with van der Waals surface area (Å²) in [6.07, 6.45) is 1.07. The van der Waals surface area contributed by atoms with Gasteiger partial charge in [0.2, 0.25) is 11.8 Å². The molecule has 1 saturated heterocycles. The summed E-state index contributed by atoms with van der Waals surface area (Å²) in [5.41, 5.74) is 5.22. The van der Waals surface area contributed by atoms with Crippen molar-refractivity contribution in [2.24, 2.45) is 11.7 Å². The Balaban J connectivity index is 2.09. The minimum Gasteiger partial charge on any atom is -0.443 e. The molecule has 8 nitrogen and oxygen atoms in total. The van der Waals surface area contributed by atoms with Crippen LogP contribution in [0, 0.1) is 5.92 Å². The number of nitrogens with two attached hydrogens (primary N) is 1.